The molecule has 0 saturated heterocycles. The highest BCUT2D eigenvalue weighted by Gasteiger charge is 2.56. The van der Waals surface area contributed by atoms with E-state index in [1.807, 2.05) is 14.1 Å². The Morgan fingerprint density at radius 3 is 2.41 bits per heavy atom. The van der Waals surface area contributed by atoms with Crippen molar-refractivity contribution in [2.75, 3.05) is 20.6 Å². The molecule has 0 heterocycles. The third kappa shape index (κ3) is 2.10. The molecule has 3 aliphatic carbocycles. The fraction of sp³-hybridized carbons (Fsp3) is 0.929. The van der Waals surface area contributed by atoms with Gasteiger partial charge in [-0.2, -0.15) is 0 Å². The Bertz CT molecular complexity index is 311. The Morgan fingerprint density at radius 2 is 1.94 bits per heavy atom. The molecule has 3 aliphatic rings. The van der Waals surface area contributed by atoms with Crippen LogP contribution < -0.4 is 5.32 Å². The summed E-state index contributed by atoms with van der Waals surface area (Å²) in [7, 11) is 3.63. The molecule has 3 saturated carbocycles. The van der Waals surface area contributed by atoms with Gasteiger partial charge in [0.1, 0.15) is 0 Å². The average Bonchev–Trinajstić information content (AvgIpc) is 2.24. The molecule has 0 aliphatic heterocycles. The summed E-state index contributed by atoms with van der Waals surface area (Å²) in [4.78, 5) is 13.3. The fourth-order valence-corrected chi connectivity index (χ4v) is 3.98. The standard InChI is InChI=1S/C14H26N2O/c1-9-6-12(15-8-13(17)16(4)5)11-7-10(9)14(11,2)3/h9-12,15H,6-8H2,1-5H3/t9?,10-,11+,12?/m0/s1. The summed E-state index contributed by atoms with van der Waals surface area (Å²) in [5.41, 5.74) is 0.469. The van der Waals surface area contributed by atoms with Crippen molar-refractivity contribution >= 4 is 5.91 Å². The van der Waals surface area contributed by atoms with Crippen LogP contribution in [0.15, 0.2) is 0 Å². The smallest absolute Gasteiger partial charge is 0.236 e. The highest BCUT2D eigenvalue weighted by molar-refractivity contribution is 5.77. The quantitative estimate of drug-likeness (QED) is 0.812. The lowest BCUT2D eigenvalue weighted by molar-refractivity contribution is -0.132. The summed E-state index contributed by atoms with van der Waals surface area (Å²) in [5, 5.41) is 3.49. The zero-order valence-corrected chi connectivity index (χ0v) is 11.8. The van der Waals surface area contributed by atoms with Crippen LogP contribution in [0.25, 0.3) is 0 Å². The van der Waals surface area contributed by atoms with Crippen LogP contribution in [0.5, 0.6) is 0 Å². The molecule has 17 heavy (non-hydrogen) atoms. The molecule has 2 bridgehead atoms. The van der Waals surface area contributed by atoms with E-state index >= 15 is 0 Å². The minimum atomic E-state index is 0.178. The minimum absolute atomic E-state index is 0.178. The van der Waals surface area contributed by atoms with E-state index in [-0.39, 0.29) is 5.91 Å². The topological polar surface area (TPSA) is 32.3 Å². The number of carbonyl (C=O) groups excluding carboxylic acids is 1. The number of rotatable bonds is 3. The van der Waals surface area contributed by atoms with E-state index in [1.165, 1.54) is 12.8 Å². The van der Waals surface area contributed by atoms with Crippen LogP contribution in [0.2, 0.25) is 0 Å². The lowest BCUT2D eigenvalue weighted by Gasteiger charge is -2.62. The van der Waals surface area contributed by atoms with Crippen LogP contribution in [0, 0.1) is 23.2 Å². The predicted octanol–water partition coefficient (Wildman–Crippen LogP) is 1.73. The van der Waals surface area contributed by atoms with Gasteiger partial charge in [-0.3, -0.25) is 4.79 Å². The van der Waals surface area contributed by atoms with Gasteiger partial charge >= 0.3 is 0 Å². The molecule has 1 amide bonds. The van der Waals surface area contributed by atoms with Crippen molar-refractivity contribution in [2.24, 2.45) is 23.2 Å². The van der Waals surface area contributed by atoms with Crippen LogP contribution in [0.4, 0.5) is 0 Å². The first kappa shape index (κ1) is 12.9. The highest BCUT2D eigenvalue weighted by Crippen LogP contribution is 2.61. The number of nitrogens with zero attached hydrogens (tertiary/aromatic N) is 1. The van der Waals surface area contributed by atoms with Gasteiger partial charge in [-0.25, -0.2) is 0 Å². The molecule has 0 aromatic carbocycles. The van der Waals surface area contributed by atoms with E-state index in [0.717, 1.165) is 17.8 Å². The van der Waals surface area contributed by atoms with E-state index < -0.39 is 0 Å². The summed E-state index contributed by atoms with van der Waals surface area (Å²) < 4.78 is 0. The van der Waals surface area contributed by atoms with E-state index in [1.54, 1.807) is 4.90 Å². The van der Waals surface area contributed by atoms with Crippen molar-refractivity contribution in [3.63, 3.8) is 0 Å². The second-order valence-corrected chi connectivity index (χ2v) is 6.76. The maximum atomic E-state index is 11.6. The lowest BCUT2D eigenvalue weighted by Crippen LogP contribution is -2.62. The minimum Gasteiger partial charge on any atom is -0.348 e. The van der Waals surface area contributed by atoms with E-state index in [0.29, 0.717) is 18.0 Å². The number of likely N-dealkylation sites (N-methyl/N-ethyl adjacent to an activating group) is 1. The van der Waals surface area contributed by atoms with Crippen LogP contribution in [0.3, 0.4) is 0 Å². The van der Waals surface area contributed by atoms with E-state index in [4.69, 9.17) is 0 Å². The van der Waals surface area contributed by atoms with Crippen molar-refractivity contribution in [1.29, 1.82) is 0 Å². The van der Waals surface area contributed by atoms with Crippen molar-refractivity contribution in [2.45, 2.75) is 39.7 Å². The van der Waals surface area contributed by atoms with Crippen LogP contribution in [-0.4, -0.2) is 37.5 Å². The van der Waals surface area contributed by atoms with Gasteiger partial charge in [0, 0.05) is 20.1 Å². The molecule has 3 nitrogen and oxygen atoms in total. The van der Waals surface area contributed by atoms with Crippen molar-refractivity contribution < 1.29 is 4.79 Å². The summed E-state index contributed by atoms with van der Waals surface area (Å²) in [6.07, 6.45) is 2.58. The van der Waals surface area contributed by atoms with Crippen LogP contribution >= 0.6 is 0 Å². The first-order chi connectivity index (χ1) is 7.84. The third-order valence-corrected chi connectivity index (χ3v) is 5.23. The Labute approximate surface area is 105 Å². The van der Waals surface area contributed by atoms with Crippen LogP contribution in [0.1, 0.15) is 33.6 Å². The summed E-state index contributed by atoms with van der Waals surface area (Å²) in [5.74, 6) is 2.63. The Morgan fingerprint density at radius 1 is 1.29 bits per heavy atom. The van der Waals surface area contributed by atoms with Gasteiger partial charge in [0.05, 0.1) is 6.54 Å². The summed E-state index contributed by atoms with van der Waals surface area (Å²) >= 11 is 0. The SMILES string of the molecule is CC1CC(NCC(=O)N(C)C)[C@H]2C[C@@H]1C2(C)C. The number of nitrogens with one attached hydrogen (secondary N) is 1. The lowest BCUT2D eigenvalue weighted by atomic mass is 9.44. The Kier molecular flexibility index (Phi) is 3.23. The average molecular weight is 238 g/mol. The zero-order chi connectivity index (χ0) is 12.8. The Hall–Kier alpha value is -0.570. The van der Waals surface area contributed by atoms with E-state index in [9.17, 15) is 4.79 Å². The van der Waals surface area contributed by atoms with Crippen LogP contribution in [-0.2, 0) is 4.79 Å². The number of hydrogen-bond acceptors (Lipinski definition) is 2. The fourth-order valence-electron chi connectivity index (χ4n) is 3.98. The maximum Gasteiger partial charge on any atom is 0.236 e. The van der Waals surface area contributed by atoms with Gasteiger partial charge < -0.3 is 10.2 Å². The molecule has 98 valence electrons. The van der Waals surface area contributed by atoms with Crippen molar-refractivity contribution in [3.8, 4) is 0 Å². The normalized spacial score (nSPS) is 38.4. The number of fused-ring (bicyclic) bond motifs is 2. The molecule has 3 fully saturated rings. The molecular weight excluding hydrogens is 212 g/mol. The third-order valence-electron chi connectivity index (χ3n) is 5.23. The molecule has 3 heteroatoms. The maximum absolute atomic E-state index is 11.6. The first-order valence-electron chi connectivity index (χ1n) is 6.77. The molecule has 0 spiro atoms. The van der Waals surface area contributed by atoms with Gasteiger partial charge in [-0.15, -0.1) is 0 Å². The zero-order valence-electron chi connectivity index (χ0n) is 11.8. The van der Waals surface area contributed by atoms with E-state index in [2.05, 4.69) is 26.1 Å². The molecular formula is C14H26N2O. The molecule has 3 rings (SSSR count). The largest absolute Gasteiger partial charge is 0.348 e. The monoisotopic (exact) mass is 238 g/mol. The number of amides is 1. The van der Waals surface area contributed by atoms with Gasteiger partial charge in [-0.05, 0) is 36.0 Å². The van der Waals surface area contributed by atoms with Crippen molar-refractivity contribution in [3.05, 3.63) is 0 Å². The van der Waals surface area contributed by atoms with Gasteiger partial charge in [0.25, 0.3) is 0 Å². The Balaban J connectivity index is 1.92. The molecule has 0 aromatic heterocycles. The second kappa shape index (κ2) is 4.27. The van der Waals surface area contributed by atoms with Gasteiger partial charge in [0.15, 0.2) is 0 Å². The second-order valence-electron chi connectivity index (χ2n) is 6.76. The molecule has 2 unspecified atom stereocenters. The molecule has 0 radical (unpaired) electrons. The molecule has 4 atom stereocenters. The molecule has 1 N–H and O–H groups in total. The molecule has 0 aromatic rings. The summed E-state index contributed by atoms with van der Waals surface area (Å²) in [6.45, 7) is 7.64. The summed E-state index contributed by atoms with van der Waals surface area (Å²) in [6, 6.07) is 0.536. The highest BCUT2D eigenvalue weighted by atomic mass is 16.2. The number of hydrogen-bond donors (Lipinski definition) is 1. The predicted molar refractivity (Wildman–Crippen MR) is 69.6 cm³/mol. The van der Waals surface area contributed by atoms with Gasteiger partial charge in [0.2, 0.25) is 5.91 Å². The first-order valence-corrected chi connectivity index (χ1v) is 6.77. The van der Waals surface area contributed by atoms with Gasteiger partial charge in [-0.1, -0.05) is 20.8 Å². The van der Waals surface area contributed by atoms with Crippen molar-refractivity contribution in [1.82, 2.24) is 10.2 Å². The number of carbonyl (C=O) groups is 1.